The van der Waals surface area contributed by atoms with Crippen LogP contribution in [0.2, 0.25) is 0 Å². The van der Waals surface area contributed by atoms with Gasteiger partial charge in [0.1, 0.15) is 17.8 Å². The molecule has 0 fully saturated rings. The topological polar surface area (TPSA) is 61.2 Å². The average Bonchev–Trinajstić information content (AvgIpc) is 3.16. The van der Waals surface area contributed by atoms with Gasteiger partial charge in [-0.3, -0.25) is 0 Å². The summed E-state index contributed by atoms with van der Waals surface area (Å²) in [5, 5.41) is 7.93. The number of benzene rings is 2. The highest BCUT2D eigenvalue weighted by Gasteiger charge is 2.31. The van der Waals surface area contributed by atoms with Crippen molar-refractivity contribution in [2.75, 3.05) is 19.5 Å². The van der Waals surface area contributed by atoms with Gasteiger partial charge >= 0.3 is 0 Å². The van der Waals surface area contributed by atoms with Crippen LogP contribution >= 0.6 is 22.6 Å². The Morgan fingerprint density at radius 2 is 1.92 bits per heavy atom. The van der Waals surface area contributed by atoms with Gasteiger partial charge in [0, 0.05) is 9.13 Å². The fourth-order valence-corrected chi connectivity index (χ4v) is 3.75. The Morgan fingerprint density at radius 3 is 2.65 bits per heavy atom. The van der Waals surface area contributed by atoms with Gasteiger partial charge in [0.05, 0.1) is 26.3 Å². The molecule has 0 aliphatic carbocycles. The van der Waals surface area contributed by atoms with Crippen molar-refractivity contribution < 1.29 is 9.47 Å². The summed E-state index contributed by atoms with van der Waals surface area (Å²) in [7, 11) is 3.36. The van der Waals surface area contributed by atoms with Gasteiger partial charge in [-0.15, -0.1) is 0 Å². The molecule has 1 N–H and O–H groups in total. The van der Waals surface area contributed by atoms with Gasteiger partial charge in [0.15, 0.2) is 0 Å². The standard InChI is InChI=1S/C19H19IN4O2/c1-25-14-7-8-18(26-2)15(9-14)17-10-16(12-3-5-13(20)6-4-12)23-19-21-11-22-24(17)19/h3-9,11,16-17H,10H2,1-2H3,(H,21,22,23). The number of hydrogen-bond acceptors (Lipinski definition) is 5. The first-order valence-corrected chi connectivity index (χ1v) is 9.41. The van der Waals surface area contributed by atoms with E-state index in [0.29, 0.717) is 0 Å². The monoisotopic (exact) mass is 462 g/mol. The van der Waals surface area contributed by atoms with E-state index in [0.717, 1.165) is 29.4 Å². The highest BCUT2D eigenvalue weighted by Crippen LogP contribution is 2.41. The van der Waals surface area contributed by atoms with Crippen molar-refractivity contribution in [3.8, 4) is 11.5 Å². The van der Waals surface area contributed by atoms with E-state index in [1.165, 1.54) is 9.13 Å². The highest BCUT2D eigenvalue weighted by molar-refractivity contribution is 14.1. The van der Waals surface area contributed by atoms with Crippen LogP contribution in [0.1, 0.15) is 29.6 Å². The molecule has 1 aliphatic heterocycles. The summed E-state index contributed by atoms with van der Waals surface area (Å²) >= 11 is 2.32. The lowest BCUT2D eigenvalue weighted by Gasteiger charge is -2.32. The Hall–Kier alpha value is -2.29. The molecule has 0 amide bonds. The summed E-state index contributed by atoms with van der Waals surface area (Å²) in [5.41, 5.74) is 2.27. The largest absolute Gasteiger partial charge is 0.497 e. The number of hydrogen-bond donors (Lipinski definition) is 1. The number of methoxy groups -OCH3 is 2. The zero-order valence-corrected chi connectivity index (χ0v) is 16.7. The first-order valence-electron chi connectivity index (χ1n) is 8.33. The number of aromatic nitrogens is 3. The van der Waals surface area contributed by atoms with Gasteiger partial charge in [-0.25, -0.2) is 4.68 Å². The Balaban J connectivity index is 1.77. The van der Waals surface area contributed by atoms with Crippen molar-refractivity contribution >= 4 is 28.5 Å². The van der Waals surface area contributed by atoms with Gasteiger partial charge in [-0.05, 0) is 64.9 Å². The third-order valence-electron chi connectivity index (χ3n) is 4.70. The molecule has 2 heterocycles. The first kappa shape index (κ1) is 17.1. The van der Waals surface area contributed by atoms with Gasteiger partial charge in [0.25, 0.3) is 0 Å². The van der Waals surface area contributed by atoms with E-state index in [2.05, 4.69) is 62.3 Å². The molecule has 26 heavy (non-hydrogen) atoms. The van der Waals surface area contributed by atoms with Crippen LogP contribution in [0.4, 0.5) is 5.95 Å². The maximum atomic E-state index is 5.61. The van der Waals surface area contributed by atoms with Crippen LogP contribution in [0, 0.1) is 3.57 Å². The fraction of sp³-hybridized carbons (Fsp3) is 0.263. The summed E-state index contributed by atoms with van der Waals surface area (Å²) in [6.45, 7) is 0. The second-order valence-electron chi connectivity index (χ2n) is 6.14. The molecule has 1 aromatic heterocycles. The van der Waals surface area contributed by atoms with Crippen molar-refractivity contribution in [1.29, 1.82) is 0 Å². The van der Waals surface area contributed by atoms with E-state index in [1.54, 1.807) is 20.5 Å². The molecule has 3 aromatic rings. The quantitative estimate of drug-likeness (QED) is 0.593. The number of halogens is 1. The van der Waals surface area contributed by atoms with Crippen LogP contribution in [0.25, 0.3) is 0 Å². The lowest BCUT2D eigenvalue weighted by molar-refractivity contribution is 0.373. The number of rotatable bonds is 4. The first-order chi connectivity index (χ1) is 12.7. The zero-order chi connectivity index (χ0) is 18.1. The van der Waals surface area contributed by atoms with Crippen LogP contribution in [-0.4, -0.2) is 29.0 Å². The van der Waals surface area contributed by atoms with E-state index in [1.807, 2.05) is 22.9 Å². The molecule has 0 saturated heterocycles. The Labute approximate surface area is 165 Å². The minimum atomic E-state index is 0.00285. The Morgan fingerprint density at radius 1 is 1.12 bits per heavy atom. The van der Waals surface area contributed by atoms with E-state index in [9.17, 15) is 0 Å². The molecule has 2 atom stereocenters. The number of nitrogens with zero attached hydrogens (tertiary/aromatic N) is 3. The van der Waals surface area contributed by atoms with Crippen molar-refractivity contribution in [2.24, 2.45) is 0 Å². The van der Waals surface area contributed by atoms with Crippen molar-refractivity contribution in [3.05, 3.63) is 63.5 Å². The molecule has 2 aromatic carbocycles. The average molecular weight is 462 g/mol. The lowest BCUT2D eigenvalue weighted by atomic mass is 9.92. The summed E-state index contributed by atoms with van der Waals surface area (Å²) in [6, 6.07) is 14.6. The van der Waals surface area contributed by atoms with E-state index < -0.39 is 0 Å². The van der Waals surface area contributed by atoms with Gasteiger partial charge in [-0.2, -0.15) is 10.1 Å². The maximum Gasteiger partial charge on any atom is 0.222 e. The minimum Gasteiger partial charge on any atom is -0.497 e. The Kier molecular flexibility index (Phi) is 4.71. The third-order valence-corrected chi connectivity index (χ3v) is 5.42. The Bertz CT molecular complexity index is 910. The van der Waals surface area contributed by atoms with Gasteiger partial charge in [-0.1, -0.05) is 12.1 Å². The van der Waals surface area contributed by atoms with Gasteiger partial charge < -0.3 is 14.8 Å². The van der Waals surface area contributed by atoms with Gasteiger partial charge in [0.2, 0.25) is 5.95 Å². The van der Waals surface area contributed by atoms with E-state index in [4.69, 9.17) is 9.47 Å². The molecule has 0 radical (unpaired) electrons. The normalized spacial score (nSPS) is 18.7. The molecule has 4 rings (SSSR count). The summed E-state index contributed by atoms with van der Waals surface area (Å²) in [4.78, 5) is 4.39. The SMILES string of the molecule is COc1ccc(OC)c(C2CC(c3ccc(I)cc3)Nc3ncnn32)c1. The van der Waals surface area contributed by atoms with Crippen LogP contribution in [0.5, 0.6) is 11.5 Å². The number of anilines is 1. The molecule has 1 aliphatic rings. The second-order valence-corrected chi connectivity index (χ2v) is 7.38. The van der Waals surface area contributed by atoms with E-state index in [-0.39, 0.29) is 12.1 Å². The van der Waals surface area contributed by atoms with E-state index >= 15 is 0 Å². The summed E-state index contributed by atoms with van der Waals surface area (Å²) < 4.78 is 14.2. The smallest absolute Gasteiger partial charge is 0.222 e. The molecule has 7 heteroatoms. The van der Waals surface area contributed by atoms with Crippen molar-refractivity contribution in [2.45, 2.75) is 18.5 Å². The van der Waals surface area contributed by atoms with Crippen LogP contribution in [0.15, 0.2) is 48.8 Å². The highest BCUT2D eigenvalue weighted by atomic mass is 127. The predicted octanol–water partition coefficient (Wildman–Crippen LogP) is 4.05. The molecule has 0 saturated carbocycles. The molecule has 0 bridgehead atoms. The number of fused-ring (bicyclic) bond motifs is 1. The molecule has 134 valence electrons. The molecule has 6 nitrogen and oxygen atoms in total. The number of nitrogens with one attached hydrogen (secondary N) is 1. The summed E-state index contributed by atoms with van der Waals surface area (Å²) in [5.74, 6) is 2.38. The molecule has 2 unspecified atom stereocenters. The third kappa shape index (κ3) is 3.11. The lowest BCUT2D eigenvalue weighted by Crippen LogP contribution is -2.28. The zero-order valence-electron chi connectivity index (χ0n) is 14.5. The van der Waals surface area contributed by atoms with Crippen LogP contribution in [-0.2, 0) is 0 Å². The minimum absolute atomic E-state index is 0.00285. The fourth-order valence-electron chi connectivity index (χ4n) is 3.39. The summed E-state index contributed by atoms with van der Waals surface area (Å²) in [6.07, 6.45) is 2.42. The van der Waals surface area contributed by atoms with Crippen LogP contribution < -0.4 is 14.8 Å². The second kappa shape index (κ2) is 7.14. The van der Waals surface area contributed by atoms with Crippen LogP contribution in [0.3, 0.4) is 0 Å². The molecule has 0 spiro atoms. The maximum absolute atomic E-state index is 5.61. The van der Waals surface area contributed by atoms with Crippen molar-refractivity contribution in [1.82, 2.24) is 14.8 Å². The number of ether oxygens (including phenoxy) is 2. The predicted molar refractivity (Wildman–Crippen MR) is 108 cm³/mol. The molecular weight excluding hydrogens is 443 g/mol. The van der Waals surface area contributed by atoms with Crippen molar-refractivity contribution in [3.63, 3.8) is 0 Å². The molecular formula is C19H19IN4O2.